The van der Waals surface area contributed by atoms with E-state index < -0.39 is 0 Å². The molecule has 0 atom stereocenters. The topological polar surface area (TPSA) is 99.5 Å². The van der Waals surface area contributed by atoms with Gasteiger partial charge in [0.25, 0.3) is 5.56 Å². The molecule has 0 saturated carbocycles. The number of hydrogen-bond acceptors (Lipinski definition) is 8. The number of benzene rings is 2. The molecule has 164 valence electrons. The Hall–Kier alpha value is -4.10. The van der Waals surface area contributed by atoms with E-state index in [0.29, 0.717) is 27.7 Å². The molecular weight excluding hydrogens is 438 g/mol. The number of rotatable bonds is 4. The van der Waals surface area contributed by atoms with Gasteiger partial charge in [-0.2, -0.15) is 5.26 Å². The first kappa shape index (κ1) is 20.8. The van der Waals surface area contributed by atoms with Crippen LogP contribution in [0, 0.1) is 11.3 Å². The lowest BCUT2D eigenvalue weighted by Gasteiger charge is -2.19. The highest BCUT2D eigenvalue weighted by Gasteiger charge is 2.31. The Labute approximate surface area is 193 Å². The molecule has 0 amide bonds. The fourth-order valence-electron chi connectivity index (χ4n) is 4.16. The molecule has 10 heteroatoms. The standard InChI is InChI=1S/C23H19N7O2S/c1-27-17-10-6-7-11-18(17)28(2)20(27)15(12-24)19(31)13-33-23-26-25-22-29(3)21(32)14-8-4-5-9-16(14)30(22)23/h4-11H,13H2,1-3H3. The fourth-order valence-corrected chi connectivity index (χ4v) is 4.98. The molecule has 0 unspecified atom stereocenters. The summed E-state index contributed by atoms with van der Waals surface area (Å²) in [7, 11) is 5.32. The number of thioether (sulfide) groups is 1. The molecule has 0 spiro atoms. The van der Waals surface area contributed by atoms with Crippen molar-refractivity contribution < 1.29 is 4.79 Å². The molecular formula is C23H19N7O2S. The molecule has 0 aliphatic carbocycles. The number of ketones is 1. The number of carbonyl (C=O) groups excluding carboxylic acids is 1. The summed E-state index contributed by atoms with van der Waals surface area (Å²) in [6.07, 6.45) is 0. The number of nitrogens with zero attached hydrogens (tertiary/aromatic N) is 7. The van der Waals surface area contributed by atoms with Gasteiger partial charge in [-0.15, -0.1) is 10.2 Å². The third kappa shape index (κ3) is 3.08. The highest BCUT2D eigenvalue weighted by atomic mass is 32.2. The molecule has 1 aliphatic heterocycles. The van der Waals surface area contributed by atoms with Crippen molar-refractivity contribution in [2.24, 2.45) is 7.05 Å². The van der Waals surface area contributed by atoms with Crippen molar-refractivity contribution in [1.82, 2.24) is 19.2 Å². The molecule has 9 nitrogen and oxygen atoms in total. The van der Waals surface area contributed by atoms with E-state index in [1.807, 2.05) is 60.3 Å². The van der Waals surface area contributed by atoms with Gasteiger partial charge in [-0.3, -0.25) is 18.6 Å². The number of nitriles is 1. The average Bonchev–Trinajstić information content (AvgIpc) is 3.37. The molecule has 0 fully saturated rings. The molecule has 0 saturated heterocycles. The quantitative estimate of drug-likeness (QED) is 0.262. The van der Waals surface area contributed by atoms with Crippen LogP contribution < -0.4 is 15.4 Å². The molecule has 0 bridgehead atoms. The second kappa shape index (κ2) is 7.79. The van der Waals surface area contributed by atoms with Gasteiger partial charge in [0.15, 0.2) is 10.9 Å². The molecule has 2 aromatic carbocycles. The van der Waals surface area contributed by atoms with Gasteiger partial charge in [0.1, 0.15) is 17.5 Å². The molecule has 5 rings (SSSR count). The predicted octanol–water partition coefficient (Wildman–Crippen LogP) is 2.56. The Kier molecular flexibility index (Phi) is 4.91. The van der Waals surface area contributed by atoms with E-state index in [4.69, 9.17) is 0 Å². The van der Waals surface area contributed by atoms with Gasteiger partial charge in [-0.05, 0) is 24.3 Å². The van der Waals surface area contributed by atoms with Gasteiger partial charge in [0.2, 0.25) is 5.78 Å². The van der Waals surface area contributed by atoms with Crippen LogP contribution in [0.15, 0.2) is 69.9 Å². The summed E-state index contributed by atoms with van der Waals surface area (Å²) in [6, 6.07) is 17.0. The number of anilines is 2. The Balaban J connectivity index is 1.51. The number of para-hydroxylation sites is 3. The van der Waals surface area contributed by atoms with E-state index >= 15 is 0 Å². The van der Waals surface area contributed by atoms with Crippen LogP contribution in [0.5, 0.6) is 0 Å². The van der Waals surface area contributed by atoms with E-state index in [9.17, 15) is 14.9 Å². The van der Waals surface area contributed by atoms with Gasteiger partial charge in [-0.25, -0.2) is 0 Å². The van der Waals surface area contributed by atoms with Gasteiger partial charge >= 0.3 is 0 Å². The first-order valence-corrected chi connectivity index (χ1v) is 11.1. The van der Waals surface area contributed by atoms with Gasteiger partial charge in [0.05, 0.1) is 28.0 Å². The highest BCUT2D eigenvalue weighted by Crippen LogP contribution is 2.40. The third-order valence-corrected chi connectivity index (χ3v) is 6.71. The van der Waals surface area contributed by atoms with Crippen LogP contribution in [-0.2, 0) is 11.8 Å². The van der Waals surface area contributed by atoms with Gasteiger partial charge in [-0.1, -0.05) is 36.0 Å². The van der Waals surface area contributed by atoms with Crippen LogP contribution in [0.4, 0.5) is 11.4 Å². The summed E-state index contributed by atoms with van der Waals surface area (Å²) in [4.78, 5) is 29.5. The zero-order valence-electron chi connectivity index (χ0n) is 18.2. The molecule has 1 aliphatic rings. The Bertz CT molecular complexity index is 1550. The minimum absolute atomic E-state index is 0.00236. The fraction of sp³-hybridized carbons (Fsp3) is 0.174. The number of aromatic nitrogens is 4. The molecule has 4 aromatic rings. The largest absolute Gasteiger partial charge is 0.328 e. The maximum atomic E-state index is 13.2. The smallest absolute Gasteiger partial charge is 0.262 e. The van der Waals surface area contributed by atoms with E-state index in [1.165, 1.54) is 16.3 Å². The van der Waals surface area contributed by atoms with Crippen LogP contribution in [-0.4, -0.2) is 44.8 Å². The van der Waals surface area contributed by atoms with Crippen LogP contribution in [0.25, 0.3) is 16.7 Å². The van der Waals surface area contributed by atoms with Crippen LogP contribution in [0.3, 0.4) is 0 Å². The van der Waals surface area contributed by atoms with Crippen LogP contribution in [0.2, 0.25) is 0 Å². The molecule has 0 radical (unpaired) electrons. The lowest BCUT2D eigenvalue weighted by molar-refractivity contribution is -0.112. The Morgan fingerprint density at radius 2 is 1.64 bits per heavy atom. The lowest BCUT2D eigenvalue weighted by Crippen LogP contribution is -2.26. The van der Waals surface area contributed by atoms with E-state index in [1.54, 1.807) is 23.6 Å². The summed E-state index contributed by atoms with van der Waals surface area (Å²) in [5, 5.41) is 19.2. The number of aryl methyl sites for hydroxylation is 1. The number of fused-ring (bicyclic) bond motifs is 4. The van der Waals surface area contributed by atoms with Crippen LogP contribution >= 0.6 is 11.8 Å². The summed E-state index contributed by atoms with van der Waals surface area (Å²) in [5.41, 5.74) is 2.44. The van der Waals surface area contributed by atoms with E-state index in [0.717, 1.165) is 11.4 Å². The van der Waals surface area contributed by atoms with Crippen molar-refractivity contribution >= 4 is 45.6 Å². The predicted molar refractivity (Wildman–Crippen MR) is 127 cm³/mol. The van der Waals surface area contributed by atoms with Crippen molar-refractivity contribution in [2.45, 2.75) is 5.16 Å². The molecule has 3 heterocycles. The molecule has 2 aromatic heterocycles. The Morgan fingerprint density at radius 1 is 1.00 bits per heavy atom. The van der Waals surface area contributed by atoms with Crippen molar-refractivity contribution in [3.63, 3.8) is 0 Å². The average molecular weight is 458 g/mol. The number of carbonyl (C=O) groups is 1. The second-order valence-electron chi connectivity index (χ2n) is 7.63. The van der Waals surface area contributed by atoms with Crippen LogP contribution in [0.1, 0.15) is 0 Å². The number of allylic oxidation sites excluding steroid dienone is 1. The van der Waals surface area contributed by atoms with Crippen molar-refractivity contribution in [1.29, 1.82) is 5.26 Å². The molecule has 33 heavy (non-hydrogen) atoms. The minimum Gasteiger partial charge on any atom is -0.328 e. The summed E-state index contributed by atoms with van der Waals surface area (Å²) >= 11 is 1.19. The van der Waals surface area contributed by atoms with Gasteiger partial charge in [0, 0.05) is 21.1 Å². The first-order chi connectivity index (χ1) is 15.9. The SMILES string of the molecule is CN1C(=C(C#N)C(=O)CSc2nnc3n(C)c(=O)c4ccccc4n23)N(C)c2ccccc21. The van der Waals surface area contributed by atoms with Crippen molar-refractivity contribution in [2.75, 3.05) is 29.6 Å². The highest BCUT2D eigenvalue weighted by molar-refractivity contribution is 7.99. The monoisotopic (exact) mass is 457 g/mol. The summed E-state index contributed by atoms with van der Waals surface area (Å²) < 4.78 is 3.20. The third-order valence-electron chi connectivity index (χ3n) is 5.78. The second-order valence-corrected chi connectivity index (χ2v) is 8.57. The van der Waals surface area contributed by atoms with E-state index in [2.05, 4.69) is 16.3 Å². The number of hydrogen-bond donors (Lipinski definition) is 0. The van der Waals surface area contributed by atoms with Crippen molar-refractivity contribution in [3.05, 3.63) is 70.3 Å². The minimum atomic E-state index is -0.310. The first-order valence-electron chi connectivity index (χ1n) is 10.1. The van der Waals surface area contributed by atoms with E-state index in [-0.39, 0.29) is 22.7 Å². The lowest BCUT2D eigenvalue weighted by atomic mass is 10.2. The number of Topliss-reactive ketones (excluding diaryl/α,β-unsaturated/α-hetero) is 1. The zero-order valence-corrected chi connectivity index (χ0v) is 19.0. The normalized spacial score (nSPS) is 13.0. The molecule has 0 N–H and O–H groups in total. The zero-order chi connectivity index (χ0) is 23.3. The summed E-state index contributed by atoms with van der Waals surface area (Å²) in [5.74, 6) is 0.624. The summed E-state index contributed by atoms with van der Waals surface area (Å²) in [6.45, 7) is 0. The maximum absolute atomic E-state index is 13.2. The van der Waals surface area contributed by atoms with Crippen molar-refractivity contribution in [3.8, 4) is 6.07 Å². The Morgan fingerprint density at radius 3 is 2.30 bits per heavy atom. The maximum Gasteiger partial charge on any atom is 0.262 e. The van der Waals surface area contributed by atoms with Gasteiger partial charge < -0.3 is 9.80 Å².